The predicted molar refractivity (Wildman–Crippen MR) is 111 cm³/mol. The van der Waals surface area contributed by atoms with Crippen LogP contribution in [0.4, 0.5) is 0 Å². The van der Waals surface area contributed by atoms with Gasteiger partial charge in [-0.15, -0.1) is 0 Å². The summed E-state index contributed by atoms with van der Waals surface area (Å²) in [6.45, 7) is 1.99. The van der Waals surface area contributed by atoms with E-state index in [1.165, 1.54) is 0 Å². The van der Waals surface area contributed by atoms with Crippen molar-refractivity contribution < 1.29 is 9.53 Å². The van der Waals surface area contributed by atoms with E-state index < -0.39 is 5.60 Å². The number of ketones is 1. The molecule has 1 heterocycles. The van der Waals surface area contributed by atoms with Crippen molar-refractivity contribution in [2.45, 2.75) is 18.4 Å². The van der Waals surface area contributed by atoms with Crippen LogP contribution in [-0.4, -0.2) is 30.5 Å². The zero-order valence-electron chi connectivity index (χ0n) is 16.0. The molecule has 1 fully saturated rings. The third-order valence-corrected chi connectivity index (χ3v) is 5.42. The predicted octanol–water partition coefficient (Wildman–Crippen LogP) is 4.62. The topological polar surface area (TPSA) is 29.5 Å². The summed E-state index contributed by atoms with van der Waals surface area (Å²) in [5.41, 5.74) is 2.59. The van der Waals surface area contributed by atoms with Gasteiger partial charge >= 0.3 is 0 Å². The van der Waals surface area contributed by atoms with Crippen LogP contribution >= 0.6 is 0 Å². The van der Waals surface area contributed by atoms with Crippen LogP contribution in [-0.2, 0) is 15.1 Å². The molecule has 0 N–H and O–H groups in total. The minimum Gasteiger partial charge on any atom is -0.345 e. The minimum absolute atomic E-state index is 0.344. The largest absolute Gasteiger partial charge is 0.345 e. The van der Waals surface area contributed by atoms with Crippen LogP contribution in [0.5, 0.6) is 0 Å². The molecule has 3 aromatic carbocycles. The number of ether oxygens (including phenoxy) is 1. The minimum atomic E-state index is -0.703. The number of rotatable bonds is 6. The average Bonchev–Trinajstić information content (AvgIpc) is 2.78. The lowest BCUT2D eigenvalue weighted by molar-refractivity contribution is -0.124. The first-order chi connectivity index (χ1) is 13.8. The highest BCUT2D eigenvalue weighted by Crippen LogP contribution is 2.40. The number of carbonyl (C=O) groups is 1. The van der Waals surface area contributed by atoms with Crippen molar-refractivity contribution in [3.63, 3.8) is 0 Å². The molecule has 1 saturated heterocycles. The quantitative estimate of drug-likeness (QED) is 0.592. The lowest BCUT2D eigenvalue weighted by atomic mass is 9.80. The van der Waals surface area contributed by atoms with E-state index >= 15 is 0 Å². The number of piperidine rings is 1. The van der Waals surface area contributed by atoms with Gasteiger partial charge in [0.2, 0.25) is 0 Å². The molecule has 1 aliphatic rings. The number of hydrogen-bond donors (Lipinski definition) is 0. The molecule has 0 aromatic heterocycles. The van der Waals surface area contributed by atoms with Gasteiger partial charge in [-0.3, -0.25) is 9.69 Å². The van der Waals surface area contributed by atoms with Crippen molar-refractivity contribution in [2.75, 3.05) is 19.8 Å². The third kappa shape index (κ3) is 3.77. The Morgan fingerprint density at radius 2 is 1.07 bits per heavy atom. The van der Waals surface area contributed by atoms with Crippen LogP contribution in [0.2, 0.25) is 0 Å². The third-order valence-electron chi connectivity index (χ3n) is 5.42. The Bertz CT molecular complexity index is 787. The second-order valence-corrected chi connectivity index (χ2v) is 7.21. The average molecular weight is 371 g/mol. The Morgan fingerprint density at radius 1 is 0.679 bits per heavy atom. The first-order valence-electron chi connectivity index (χ1n) is 9.83. The summed E-state index contributed by atoms with van der Waals surface area (Å²) in [6.07, 6.45) is 1.22. The fourth-order valence-electron chi connectivity index (χ4n) is 3.89. The van der Waals surface area contributed by atoms with Crippen LogP contribution in [0.25, 0.3) is 0 Å². The van der Waals surface area contributed by atoms with Gasteiger partial charge in [-0.1, -0.05) is 91.0 Å². The monoisotopic (exact) mass is 371 g/mol. The van der Waals surface area contributed by atoms with Crippen molar-refractivity contribution in [2.24, 2.45) is 0 Å². The van der Waals surface area contributed by atoms with Gasteiger partial charge in [-0.2, -0.15) is 0 Å². The lowest BCUT2D eigenvalue weighted by Crippen LogP contribution is -2.41. The smallest absolute Gasteiger partial charge is 0.145 e. The summed E-state index contributed by atoms with van der Waals surface area (Å²) in [6, 6.07) is 31.2. The maximum Gasteiger partial charge on any atom is 0.145 e. The van der Waals surface area contributed by atoms with Gasteiger partial charge in [0.25, 0.3) is 0 Å². The summed E-state index contributed by atoms with van der Waals surface area (Å²) in [5.74, 6) is 0.344. The summed E-state index contributed by atoms with van der Waals surface area (Å²) in [4.78, 5) is 13.8. The van der Waals surface area contributed by atoms with E-state index in [2.05, 4.69) is 77.7 Å². The molecule has 0 spiro atoms. The standard InChI is InChI=1S/C25H25NO2/c27-24-16-18-26(19-17-24)20-28-25(21-10-4-1-5-11-21,22-12-6-2-7-13-22)23-14-8-3-9-15-23/h1-15H,16-20H2. The van der Waals surface area contributed by atoms with E-state index in [1.807, 2.05) is 18.2 Å². The molecule has 0 unspecified atom stereocenters. The Kier molecular flexibility index (Phi) is 5.65. The van der Waals surface area contributed by atoms with Crippen LogP contribution < -0.4 is 0 Å². The first-order valence-corrected chi connectivity index (χ1v) is 9.83. The maximum atomic E-state index is 11.6. The zero-order valence-corrected chi connectivity index (χ0v) is 16.0. The molecule has 28 heavy (non-hydrogen) atoms. The van der Waals surface area contributed by atoms with Crippen molar-refractivity contribution in [1.82, 2.24) is 4.90 Å². The maximum absolute atomic E-state index is 11.6. The highest BCUT2D eigenvalue weighted by atomic mass is 16.5. The summed E-state index contributed by atoms with van der Waals surface area (Å²) >= 11 is 0. The van der Waals surface area contributed by atoms with Gasteiger partial charge in [0.15, 0.2) is 0 Å². The Balaban J connectivity index is 1.78. The van der Waals surface area contributed by atoms with Crippen LogP contribution in [0.3, 0.4) is 0 Å². The Morgan fingerprint density at radius 3 is 1.46 bits per heavy atom. The molecule has 142 valence electrons. The Hall–Kier alpha value is -2.75. The van der Waals surface area contributed by atoms with Crippen molar-refractivity contribution in [1.29, 1.82) is 0 Å². The molecule has 4 rings (SSSR count). The molecule has 0 amide bonds. The van der Waals surface area contributed by atoms with Crippen molar-refractivity contribution in [3.8, 4) is 0 Å². The summed E-state index contributed by atoms with van der Waals surface area (Å²) < 4.78 is 6.78. The molecule has 0 aliphatic carbocycles. The van der Waals surface area contributed by atoms with Gasteiger partial charge in [0.1, 0.15) is 18.1 Å². The molecule has 0 bridgehead atoms. The fraction of sp³-hybridized carbons (Fsp3) is 0.240. The van der Waals surface area contributed by atoms with Crippen LogP contribution in [0.1, 0.15) is 29.5 Å². The van der Waals surface area contributed by atoms with Gasteiger partial charge in [-0.25, -0.2) is 0 Å². The van der Waals surface area contributed by atoms with Crippen LogP contribution in [0.15, 0.2) is 91.0 Å². The molecule has 3 nitrogen and oxygen atoms in total. The molecule has 0 radical (unpaired) electrons. The van der Waals surface area contributed by atoms with E-state index in [-0.39, 0.29) is 0 Å². The lowest BCUT2D eigenvalue weighted by Gasteiger charge is -2.38. The van der Waals surface area contributed by atoms with E-state index in [1.54, 1.807) is 0 Å². The first kappa shape index (κ1) is 18.6. The zero-order chi connectivity index (χ0) is 19.2. The normalized spacial score (nSPS) is 15.5. The van der Waals surface area contributed by atoms with Crippen molar-refractivity contribution in [3.05, 3.63) is 108 Å². The molecule has 3 aromatic rings. The van der Waals surface area contributed by atoms with E-state index in [4.69, 9.17) is 4.74 Å². The highest BCUT2D eigenvalue weighted by Gasteiger charge is 2.38. The number of nitrogens with zero attached hydrogens (tertiary/aromatic N) is 1. The van der Waals surface area contributed by atoms with Gasteiger partial charge in [-0.05, 0) is 16.7 Å². The van der Waals surface area contributed by atoms with E-state index in [0.717, 1.165) is 29.8 Å². The summed E-state index contributed by atoms with van der Waals surface area (Å²) in [5, 5.41) is 0. The number of hydrogen-bond acceptors (Lipinski definition) is 3. The number of carbonyl (C=O) groups excluding carboxylic acids is 1. The highest BCUT2D eigenvalue weighted by molar-refractivity contribution is 5.79. The molecular weight excluding hydrogens is 346 g/mol. The van der Waals surface area contributed by atoms with Crippen LogP contribution in [0, 0.1) is 0 Å². The Labute approximate surface area is 166 Å². The van der Waals surface area contributed by atoms with Gasteiger partial charge in [0, 0.05) is 25.9 Å². The van der Waals surface area contributed by atoms with E-state index in [9.17, 15) is 4.79 Å². The van der Waals surface area contributed by atoms with Gasteiger partial charge in [0.05, 0.1) is 0 Å². The van der Waals surface area contributed by atoms with Crippen molar-refractivity contribution >= 4 is 5.78 Å². The number of Topliss-reactive ketones (excluding diaryl/α,β-unsaturated/α-hetero) is 1. The number of likely N-dealkylation sites (tertiary alicyclic amines) is 1. The molecule has 0 saturated carbocycles. The molecule has 0 atom stereocenters. The van der Waals surface area contributed by atoms with E-state index in [0.29, 0.717) is 25.4 Å². The van der Waals surface area contributed by atoms with Gasteiger partial charge < -0.3 is 4.74 Å². The summed E-state index contributed by atoms with van der Waals surface area (Å²) in [7, 11) is 0. The molecule has 1 aliphatic heterocycles. The molecule has 3 heteroatoms. The second kappa shape index (κ2) is 8.51. The fourth-order valence-corrected chi connectivity index (χ4v) is 3.89. The second-order valence-electron chi connectivity index (χ2n) is 7.21. The SMILES string of the molecule is O=C1CCN(COC(c2ccccc2)(c2ccccc2)c2ccccc2)CC1. The number of benzene rings is 3. The molecular formula is C25H25NO2.